The molecule has 2 saturated heterocycles. The van der Waals surface area contributed by atoms with Crippen LogP contribution in [0.1, 0.15) is 57.8 Å². The van der Waals surface area contributed by atoms with Gasteiger partial charge in [0.15, 0.2) is 0 Å². The zero-order valence-electron chi connectivity index (χ0n) is 24.3. The average Bonchev–Trinajstić information content (AvgIpc) is 3.32. The molecule has 1 aliphatic carbocycles. The van der Waals surface area contributed by atoms with Crippen LogP contribution in [0.3, 0.4) is 0 Å². The monoisotopic (exact) mass is 606 g/mol. The zero-order valence-corrected chi connectivity index (χ0v) is 25.1. The number of carboxylic acid groups (broad SMARTS) is 1. The van der Waals surface area contributed by atoms with Crippen molar-refractivity contribution in [3.8, 4) is 10.9 Å². The van der Waals surface area contributed by atoms with Gasteiger partial charge in [-0.2, -0.15) is 0 Å². The first-order valence-electron chi connectivity index (χ1n) is 15.1. The van der Waals surface area contributed by atoms with E-state index in [4.69, 9.17) is 9.47 Å². The molecule has 1 saturated carbocycles. The van der Waals surface area contributed by atoms with E-state index in [2.05, 4.69) is 15.6 Å². The Balaban J connectivity index is 1.28. The summed E-state index contributed by atoms with van der Waals surface area (Å²) >= 11 is 1.42. The van der Waals surface area contributed by atoms with Crippen molar-refractivity contribution in [2.75, 3.05) is 19.0 Å². The number of carbonyl (C=O) groups excluding carboxylic acids is 2. The number of benzene rings is 2. The van der Waals surface area contributed by atoms with Crippen molar-refractivity contribution < 1.29 is 29.0 Å². The quantitative estimate of drug-likeness (QED) is 0.364. The lowest BCUT2D eigenvalue weighted by atomic mass is 10.0. The number of ether oxygens (including phenoxy) is 2. The predicted octanol–water partition coefficient (Wildman–Crippen LogP) is 4.84. The van der Waals surface area contributed by atoms with Crippen LogP contribution in [0.25, 0.3) is 10.2 Å². The summed E-state index contributed by atoms with van der Waals surface area (Å²) < 4.78 is 12.6. The van der Waals surface area contributed by atoms with E-state index in [1.165, 1.54) is 11.3 Å². The van der Waals surface area contributed by atoms with Crippen molar-refractivity contribution in [1.29, 1.82) is 0 Å². The van der Waals surface area contributed by atoms with Gasteiger partial charge < -0.3 is 30.1 Å². The fourth-order valence-corrected chi connectivity index (χ4v) is 7.39. The molecule has 2 amide bonds. The summed E-state index contributed by atoms with van der Waals surface area (Å²) in [5.41, 5.74) is 0.314. The number of methoxy groups -OCH3 is 1. The predicted molar refractivity (Wildman–Crippen MR) is 163 cm³/mol. The van der Waals surface area contributed by atoms with E-state index < -0.39 is 35.6 Å². The number of aliphatic carboxylic acids is 1. The van der Waals surface area contributed by atoms with Gasteiger partial charge in [0, 0.05) is 18.2 Å². The number of carbonyl (C=O) groups is 3. The highest BCUT2D eigenvalue weighted by atomic mass is 32.1. The van der Waals surface area contributed by atoms with E-state index in [0.717, 1.165) is 54.4 Å². The summed E-state index contributed by atoms with van der Waals surface area (Å²) in [5.74, 6) is -1.07. The fraction of sp³-hybridized carbons (Fsp3) is 0.500. The third-order valence-corrected chi connectivity index (χ3v) is 9.90. The number of aromatic nitrogens is 1. The summed E-state index contributed by atoms with van der Waals surface area (Å²) in [4.78, 5) is 46.7. The molecular weight excluding hydrogens is 568 g/mol. The molecule has 228 valence electrons. The highest BCUT2D eigenvalue weighted by Crippen LogP contribution is 2.47. The lowest BCUT2D eigenvalue weighted by molar-refractivity contribution is -0.145. The number of carboxylic acids is 1. The van der Waals surface area contributed by atoms with Crippen LogP contribution < -0.4 is 20.1 Å². The lowest BCUT2D eigenvalue weighted by Gasteiger charge is -2.30. The zero-order chi connectivity index (χ0) is 30.0. The van der Waals surface area contributed by atoms with Crippen LogP contribution in [0.15, 0.2) is 48.5 Å². The second-order valence-electron chi connectivity index (χ2n) is 11.9. The van der Waals surface area contributed by atoms with E-state index in [1.807, 2.05) is 48.5 Å². The van der Waals surface area contributed by atoms with Crippen LogP contribution >= 0.6 is 11.3 Å². The molecule has 0 spiro atoms. The van der Waals surface area contributed by atoms with Gasteiger partial charge in [-0.25, -0.2) is 9.78 Å². The van der Waals surface area contributed by atoms with Crippen molar-refractivity contribution in [2.24, 2.45) is 5.92 Å². The third-order valence-electron chi connectivity index (χ3n) is 8.98. The van der Waals surface area contributed by atoms with Gasteiger partial charge in [-0.15, -0.1) is 0 Å². The number of rotatable bonds is 6. The minimum atomic E-state index is -1.27. The topological polar surface area (TPSA) is 130 Å². The van der Waals surface area contributed by atoms with Crippen LogP contribution in [0.2, 0.25) is 0 Å². The summed E-state index contributed by atoms with van der Waals surface area (Å²) in [6.07, 6.45) is 6.34. The van der Waals surface area contributed by atoms with Gasteiger partial charge in [-0.3, -0.25) is 9.59 Å². The first kappa shape index (κ1) is 29.2. The number of hydrogen-bond acceptors (Lipinski definition) is 8. The summed E-state index contributed by atoms with van der Waals surface area (Å²) in [6.45, 7) is 0.201. The molecule has 43 heavy (non-hydrogen) atoms. The van der Waals surface area contributed by atoms with Crippen LogP contribution in [-0.2, 0) is 14.4 Å². The number of fused-ring (bicyclic) bond motifs is 3. The van der Waals surface area contributed by atoms with Gasteiger partial charge in [0.25, 0.3) is 5.19 Å². The molecule has 11 heteroatoms. The number of amides is 2. The van der Waals surface area contributed by atoms with Crippen molar-refractivity contribution in [2.45, 2.75) is 81.5 Å². The number of hydrogen-bond donors (Lipinski definition) is 3. The molecule has 10 nitrogen and oxygen atoms in total. The number of nitrogens with one attached hydrogen (secondary N) is 2. The third kappa shape index (κ3) is 6.27. The van der Waals surface area contributed by atoms with Crippen molar-refractivity contribution >= 4 is 45.0 Å². The SMILES string of the molecule is COc1cccc(N[C@H]2CCCCCCC[C@@H]3C[C@@]3(C(=O)O)NC(=O)[C@@H]3C[C@@H](Oc4nc5ccccc5s4)CN3C2=O)c1. The smallest absolute Gasteiger partial charge is 0.329 e. The van der Waals surface area contributed by atoms with E-state index in [9.17, 15) is 19.5 Å². The van der Waals surface area contributed by atoms with E-state index in [0.29, 0.717) is 23.8 Å². The second kappa shape index (κ2) is 12.4. The van der Waals surface area contributed by atoms with Gasteiger partial charge in [-0.1, -0.05) is 61.6 Å². The second-order valence-corrected chi connectivity index (χ2v) is 12.9. The summed E-state index contributed by atoms with van der Waals surface area (Å²) in [6, 6.07) is 13.8. The van der Waals surface area contributed by atoms with Gasteiger partial charge >= 0.3 is 5.97 Å². The van der Waals surface area contributed by atoms with Crippen LogP contribution in [0.5, 0.6) is 10.9 Å². The largest absolute Gasteiger partial charge is 0.497 e. The Morgan fingerprint density at radius 1 is 1.09 bits per heavy atom. The minimum absolute atomic E-state index is 0.0955. The van der Waals surface area contributed by atoms with Gasteiger partial charge in [0.2, 0.25) is 11.8 Å². The molecule has 1 aromatic heterocycles. The Labute approximate surface area is 254 Å². The van der Waals surface area contributed by atoms with Crippen LogP contribution in [-0.4, -0.2) is 70.2 Å². The molecule has 0 radical (unpaired) electrons. The van der Waals surface area contributed by atoms with Gasteiger partial charge in [-0.05, 0) is 49.4 Å². The number of para-hydroxylation sites is 1. The first-order chi connectivity index (χ1) is 20.9. The normalized spacial score (nSPS) is 28.2. The van der Waals surface area contributed by atoms with Gasteiger partial charge in [0.05, 0.1) is 23.9 Å². The maximum atomic E-state index is 14.3. The molecule has 5 atom stereocenters. The number of thiazole rings is 1. The molecule has 2 aromatic carbocycles. The molecule has 3 aliphatic rings. The van der Waals surface area contributed by atoms with Crippen molar-refractivity contribution in [1.82, 2.24) is 15.2 Å². The standard InChI is InChI=1S/C32H38N4O6S/c1-41-22-12-9-11-21(16-22)33-25-14-6-4-2-3-5-10-20-18-32(20,30(39)40)35-28(37)26-17-23(19-36(26)29(25)38)42-31-34-24-13-7-8-15-27(24)43-31/h7-9,11-13,15-16,20,23,25-26,33H,2-6,10,14,17-19H2,1H3,(H,35,37)(H,39,40)/t20-,23-,25+,26+,32-/m1/s1. The maximum Gasteiger partial charge on any atom is 0.329 e. The van der Waals surface area contributed by atoms with Crippen LogP contribution in [0.4, 0.5) is 5.69 Å². The Kier molecular flexibility index (Phi) is 8.43. The molecule has 3 fully saturated rings. The number of anilines is 1. The average molecular weight is 607 g/mol. The molecular formula is C32H38N4O6S. The molecule has 0 bridgehead atoms. The maximum absolute atomic E-state index is 14.3. The molecule has 3 aromatic rings. The highest BCUT2D eigenvalue weighted by molar-refractivity contribution is 7.20. The first-order valence-corrected chi connectivity index (χ1v) is 16.0. The number of nitrogens with zero attached hydrogens (tertiary/aromatic N) is 2. The molecule has 0 unspecified atom stereocenters. The Hall–Kier alpha value is -3.86. The summed E-state index contributed by atoms with van der Waals surface area (Å²) in [7, 11) is 1.60. The van der Waals surface area contributed by atoms with E-state index in [1.54, 1.807) is 12.0 Å². The van der Waals surface area contributed by atoms with E-state index in [-0.39, 0.29) is 24.8 Å². The molecule has 6 rings (SSSR count). The molecule has 2 aliphatic heterocycles. The van der Waals surface area contributed by atoms with Gasteiger partial charge in [0.1, 0.15) is 29.5 Å². The summed E-state index contributed by atoms with van der Waals surface area (Å²) in [5, 5.41) is 16.9. The van der Waals surface area contributed by atoms with Crippen molar-refractivity contribution in [3.05, 3.63) is 48.5 Å². The fourth-order valence-electron chi connectivity index (χ4n) is 6.51. The lowest BCUT2D eigenvalue weighted by Crippen LogP contribution is -2.55. The molecule has 3 N–H and O–H groups in total. The highest BCUT2D eigenvalue weighted by Gasteiger charge is 2.62. The molecule has 3 heterocycles. The minimum Gasteiger partial charge on any atom is -0.497 e. The Morgan fingerprint density at radius 3 is 2.67 bits per heavy atom. The van der Waals surface area contributed by atoms with Crippen molar-refractivity contribution in [3.63, 3.8) is 0 Å². The Morgan fingerprint density at radius 2 is 1.88 bits per heavy atom. The van der Waals surface area contributed by atoms with Crippen LogP contribution in [0, 0.1) is 5.92 Å². The van der Waals surface area contributed by atoms with E-state index >= 15 is 0 Å². The Bertz CT molecular complexity index is 1460.